The summed E-state index contributed by atoms with van der Waals surface area (Å²) in [6.45, 7) is 1.86. The number of imidazole rings is 1. The summed E-state index contributed by atoms with van der Waals surface area (Å²) in [6, 6.07) is 4.28. The number of anilines is 3. The highest BCUT2D eigenvalue weighted by molar-refractivity contribution is 6.31. The second-order valence-electron chi connectivity index (χ2n) is 5.86. The maximum absolute atomic E-state index is 13.4. The SMILES string of the molecule is Cc1nccn1-c1nc(Nc2ccc(F)c(Cl)c2)ncc1-c1cnc(N)nc1. The van der Waals surface area contributed by atoms with Crippen molar-refractivity contribution in [2.45, 2.75) is 6.92 Å². The quantitative estimate of drug-likeness (QED) is 0.543. The van der Waals surface area contributed by atoms with Crippen molar-refractivity contribution in [2.24, 2.45) is 0 Å². The van der Waals surface area contributed by atoms with Gasteiger partial charge in [0.2, 0.25) is 11.9 Å². The van der Waals surface area contributed by atoms with Crippen LogP contribution >= 0.6 is 11.6 Å². The molecule has 0 atom stereocenters. The van der Waals surface area contributed by atoms with Crippen molar-refractivity contribution in [2.75, 3.05) is 11.1 Å². The molecule has 0 aliphatic heterocycles. The van der Waals surface area contributed by atoms with Crippen molar-refractivity contribution >= 4 is 29.2 Å². The van der Waals surface area contributed by atoms with E-state index in [1.54, 1.807) is 37.1 Å². The Kier molecular flexibility index (Phi) is 4.58. The van der Waals surface area contributed by atoms with Crippen LogP contribution in [0.4, 0.5) is 22.0 Å². The molecule has 0 fully saturated rings. The number of nitrogens with zero attached hydrogens (tertiary/aromatic N) is 6. The lowest BCUT2D eigenvalue weighted by molar-refractivity contribution is 0.628. The fraction of sp³-hybridized carbons (Fsp3) is 0.0556. The Morgan fingerprint density at radius 1 is 1.11 bits per heavy atom. The van der Waals surface area contributed by atoms with Crippen molar-refractivity contribution in [1.29, 1.82) is 0 Å². The molecule has 3 N–H and O–H groups in total. The van der Waals surface area contributed by atoms with Crippen LogP contribution in [-0.4, -0.2) is 29.5 Å². The van der Waals surface area contributed by atoms with Crippen LogP contribution in [0, 0.1) is 12.7 Å². The standard InChI is InChI=1S/C18H14ClFN8/c1-10-22-4-5-28(10)16-13(11-7-23-17(21)24-8-11)9-25-18(27-16)26-12-2-3-15(20)14(19)6-12/h2-9H,1H3,(H2,21,23,24)(H,25,26,27). The highest BCUT2D eigenvalue weighted by atomic mass is 35.5. The van der Waals surface area contributed by atoms with Gasteiger partial charge in [-0.05, 0) is 25.1 Å². The van der Waals surface area contributed by atoms with E-state index in [0.717, 1.165) is 5.82 Å². The van der Waals surface area contributed by atoms with Gasteiger partial charge in [-0.25, -0.2) is 24.3 Å². The highest BCUT2D eigenvalue weighted by Gasteiger charge is 2.14. The molecule has 0 aliphatic rings. The Balaban J connectivity index is 1.79. The number of halogens is 2. The molecular weight excluding hydrogens is 383 g/mol. The molecular formula is C18H14ClFN8. The van der Waals surface area contributed by atoms with Gasteiger partial charge in [0.25, 0.3) is 0 Å². The molecule has 0 saturated carbocycles. The summed E-state index contributed by atoms with van der Waals surface area (Å²) in [5.74, 6) is 1.31. The number of hydrogen-bond donors (Lipinski definition) is 2. The van der Waals surface area contributed by atoms with Crippen molar-refractivity contribution in [3.63, 3.8) is 0 Å². The van der Waals surface area contributed by atoms with Crippen LogP contribution in [0.25, 0.3) is 16.9 Å². The molecule has 1 aromatic carbocycles. The minimum absolute atomic E-state index is 0.00585. The van der Waals surface area contributed by atoms with E-state index in [4.69, 9.17) is 17.3 Å². The second-order valence-corrected chi connectivity index (χ2v) is 6.27. The van der Waals surface area contributed by atoms with E-state index in [0.29, 0.717) is 28.6 Å². The molecule has 8 nitrogen and oxygen atoms in total. The van der Waals surface area contributed by atoms with Gasteiger partial charge in [-0.1, -0.05) is 11.6 Å². The molecule has 140 valence electrons. The first-order valence-electron chi connectivity index (χ1n) is 8.18. The molecule has 4 rings (SSSR count). The Morgan fingerprint density at radius 2 is 1.89 bits per heavy atom. The first-order chi connectivity index (χ1) is 13.5. The zero-order chi connectivity index (χ0) is 19.7. The van der Waals surface area contributed by atoms with Crippen molar-refractivity contribution in [3.05, 3.63) is 65.8 Å². The number of nitrogens with one attached hydrogen (secondary N) is 1. The number of hydrogen-bond acceptors (Lipinski definition) is 7. The number of aryl methyl sites for hydroxylation is 1. The predicted octanol–water partition coefficient (Wildman–Crippen LogP) is 3.55. The first kappa shape index (κ1) is 17.8. The van der Waals surface area contributed by atoms with Crippen LogP contribution in [0.15, 0.2) is 49.2 Å². The van der Waals surface area contributed by atoms with Crippen molar-refractivity contribution in [1.82, 2.24) is 29.5 Å². The molecule has 0 saturated heterocycles. The zero-order valence-corrected chi connectivity index (χ0v) is 15.4. The van der Waals surface area contributed by atoms with Crippen LogP contribution < -0.4 is 11.1 Å². The molecule has 4 aromatic rings. The third kappa shape index (κ3) is 3.47. The maximum Gasteiger partial charge on any atom is 0.229 e. The lowest BCUT2D eigenvalue weighted by Gasteiger charge is -2.13. The summed E-state index contributed by atoms with van der Waals surface area (Å²) in [5.41, 5.74) is 7.54. The molecule has 3 heterocycles. The Labute approximate surface area is 164 Å². The van der Waals surface area contributed by atoms with E-state index < -0.39 is 5.82 Å². The topological polar surface area (TPSA) is 107 Å². The van der Waals surface area contributed by atoms with Crippen LogP contribution in [0.3, 0.4) is 0 Å². The van der Waals surface area contributed by atoms with E-state index in [1.165, 1.54) is 12.1 Å². The lowest BCUT2D eigenvalue weighted by atomic mass is 10.1. The van der Waals surface area contributed by atoms with Crippen molar-refractivity contribution in [3.8, 4) is 16.9 Å². The van der Waals surface area contributed by atoms with Crippen molar-refractivity contribution < 1.29 is 4.39 Å². The van der Waals surface area contributed by atoms with Gasteiger partial charge < -0.3 is 11.1 Å². The summed E-state index contributed by atoms with van der Waals surface area (Å²) < 4.78 is 15.2. The minimum atomic E-state index is -0.499. The molecule has 0 bridgehead atoms. The van der Waals surface area contributed by atoms with Gasteiger partial charge in [-0.3, -0.25) is 4.57 Å². The number of benzene rings is 1. The molecule has 3 aromatic heterocycles. The Hall–Kier alpha value is -3.59. The van der Waals surface area contributed by atoms with Gasteiger partial charge >= 0.3 is 0 Å². The van der Waals surface area contributed by atoms with Crippen LogP contribution in [0.5, 0.6) is 0 Å². The third-order valence-electron chi connectivity index (χ3n) is 3.98. The number of rotatable bonds is 4. The van der Waals surface area contributed by atoms with Gasteiger partial charge in [0, 0.05) is 47.8 Å². The smallest absolute Gasteiger partial charge is 0.229 e. The molecule has 0 amide bonds. The second kappa shape index (κ2) is 7.20. The van der Waals surface area contributed by atoms with Gasteiger partial charge in [0.05, 0.1) is 5.02 Å². The highest BCUT2D eigenvalue weighted by Crippen LogP contribution is 2.27. The number of nitrogens with two attached hydrogens (primary N) is 1. The number of nitrogen functional groups attached to an aromatic ring is 1. The first-order valence-corrected chi connectivity index (χ1v) is 8.56. The van der Waals surface area contributed by atoms with Gasteiger partial charge in [-0.2, -0.15) is 4.98 Å². The summed E-state index contributed by atoms with van der Waals surface area (Å²) in [6.07, 6.45) is 8.31. The Bertz CT molecular complexity index is 1140. The molecule has 0 radical (unpaired) electrons. The summed E-state index contributed by atoms with van der Waals surface area (Å²) >= 11 is 5.84. The average Bonchev–Trinajstić information content (AvgIpc) is 3.11. The summed E-state index contributed by atoms with van der Waals surface area (Å²) in [5, 5.41) is 3.03. The molecule has 0 aliphatic carbocycles. The van der Waals surface area contributed by atoms with Crippen LogP contribution in [0.1, 0.15) is 5.82 Å². The third-order valence-corrected chi connectivity index (χ3v) is 4.27. The van der Waals surface area contributed by atoms with E-state index in [1.807, 2.05) is 11.5 Å². The van der Waals surface area contributed by atoms with E-state index in [9.17, 15) is 4.39 Å². The number of aromatic nitrogens is 6. The van der Waals surface area contributed by atoms with Gasteiger partial charge in [0.15, 0.2) is 5.82 Å². The predicted molar refractivity (Wildman–Crippen MR) is 104 cm³/mol. The summed E-state index contributed by atoms with van der Waals surface area (Å²) in [4.78, 5) is 21.3. The van der Waals surface area contributed by atoms with Gasteiger partial charge in [-0.15, -0.1) is 0 Å². The largest absolute Gasteiger partial charge is 0.368 e. The normalized spacial score (nSPS) is 10.8. The fourth-order valence-electron chi connectivity index (χ4n) is 2.60. The van der Waals surface area contributed by atoms with E-state index in [-0.39, 0.29) is 11.0 Å². The van der Waals surface area contributed by atoms with Crippen LogP contribution in [-0.2, 0) is 0 Å². The van der Waals surface area contributed by atoms with E-state index >= 15 is 0 Å². The zero-order valence-electron chi connectivity index (χ0n) is 14.6. The maximum atomic E-state index is 13.4. The lowest BCUT2D eigenvalue weighted by Crippen LogP contribution is -2.07. The average molecular weight is 397 g/mol. The molecule has 0 spiro atoms. The van der Waals surface area contributed by atoms with Crippen LogP contribution in [0.2, 0.25) is 5.02 Å². The van der Waals surface area contributed by atoms with Gasteiger partial charge in [0.1, 0.15) is 11.6 Å². The fourth-order valence-corrected chi connectivity index (χ4v) is 2.78. The Morgan fingerprint density at radius 3 is 2.57 bits per heavy atom. The molecule has 10 heteroatoms. The molecule has 28 heavy (non-hydrogen) atoms. The van der Waals surface area contributed by atoms with E-state index in [2.05, 4.69) is 30.2 Å². The monoisotopic (exact) mass is 396 g/mol. The minimum Gasteiger partial charge on any atom is -0.368 e. The summed E-state index contributed by atoms with van der Waals surface area (Å²) in [7, 11) is 0. The molecule has 0 unspecified atom stereocenters.